The molecule has 1 atom stereocenters. The predicted molar refractivity (Wildman–Crippen MR) is 68.7 cm³/mol. The molecule has 2 amide bonds. The first-order valence-corrected chi connectivity index (χ1v) is 6.25. The lowest BCUT2D eigenvalue weighted by Gasteiger charge is -2.22. The Labute approximate surface area is 115 Å². The number of anilines is 1. The van der Waals surface area contributed by atoms with Gasteiger partial charge in [0.15, 0.2) is 5.82 Å². The van der Waals surface area contributed by atoms with Crippen molar-refractivity contribution in [3.8, 4) is 0 Å². The predicted octanol–water partition coefficient (Wildman–Crippen LogP) is -0.385. The maximum atomic E-state index is 12.2. The number of aromatic nitrogens is 2. The van der Waals surface area contributed by atoms with E-state index in [-0.39, 0.29) is 18.4 Å². The first-order valence-electron chi connectivity index (χ1n) is 6.25. The van der Waals surface area contributed by atoms with Crippen LogP contribution >= 0.6 is 0 Å². The molecule has 1 fully saturated rings. The van der Waals surface area contributed by atoms with Crippen molar-refractivity contribution in [2.45, 2.75) is 25.4 Å². The topological polar surface area (TPSA) is 93.5 Å². The smallest absolute Gasteiger partial charge is 0.328 e. The SMILES string of the molecule is COC(=O)[C@@H]1CCCN1C(=O)Cn1cnc(NC=O)c1. The Balaban J connectivity index is 1.99. The standard InChI is InChI=1S/C12H16N4O4/c1-20-12(19)9-3-2-4-16(9)11(18)6-15-5-10(13-7-15)14-8-17/h5,7-9H,2-4,6H2,1H3,(H,14,17)/t9-/m0/s1. The number of imidazole rings is 1. The molecule has 2 heterocycles. The van der Waals surface area contributed by atoms with Crippen LogP contribution in [-0.4, -0.2) is 52.4 Å². The van der Waals surface area contributed by atoms with Gasteiger partial charge in [0, 0.05) is 12.7 Å². The highest BCUT2D eigenvalue weighted by Crippen LogP contribution is 2.19. The molecule has 0 bridgehead atoms. The molecular formula is C12H16N4O4. The second-order valence-corrected chi connectivity index (χ2v) is 4.46. The summed E-state index contributed by atoms with van der Waals surface area (Å²) in [7, 11) is 1.32. The minimum atomic E-state index is -0.497. The van der Waals surface area contributed by atoms with Crippen LogP contribution in [0.2, 0.25) is 0 Å². The fourth-order valence-corrected chi connectivity index (χ4v) is 2.27. The Kier molecular flexibility index (Phi) is 4.34. The summed E-state index contributed by atoms with van der Waals surface area (Å²) in [5, 5.41) is 2.40. The Hall–Kier alpha value is -2.38. The van der Waals surface area contributed by atoms with Crippen molar-refractivity contribution in [1.29, 1.82) is 0 Å². The minimum absolute atomic E-state index is 0.0705. The zero-order valence-electron chi connectivity index (χ0n) is 11.1. The second-order valence-electron chi connectivity index (χ2n) is 4.46. The average Bonchev–Trinajstić information content (AvgIpc) is 3.07. The molecule has 0 saturated carbocycles. The number of hydrogen-bond acceptors (Lipinski definition) is 5. The monoisotopic (exact) mass is 280 g/mol. The van der Waals surface area contributed by atoms with E-state index >= 15 is 0 Å². The van der Waals surface area contributed by atoms with Crippen molar-refractivity contribution < 1.29 is 19.1 Å². The van der Waals surface area contributed by atoms with Crippen LogP contribution < -0.4 is 5.32 Å². The van der Waals surface area contributed by atoms with Crippen molar-refractivity contribution in [2.24, 2.45) is 0 Å². The van der Waals surface area contributed by atoms with Gasteiger partial charge in [0.1, 0.15) is 12.6 Å². The van der Waals surface area contributed by atoms with E-state index in [0.717, 1.165) is 6.42 Å². The zero-order valence-corrected chi connectivity index (χ0v) is 11.1. The number of carbonyl (C=O) groups excluding carboxylic acids is 3. The molecule has 1 saturated heterocycles. The van der Waals surface area contributed by atoms with Crippen LogP contribution in [0.4, 0.5) is 5.82 Å². The van der Waals surface area contributed by atoms with Crippen molar-refractivity contribution in [3.05, 3.63) is 12.5 Å². The molecule has 0 spiro atoms. The molecule has 0 radical (unpaired) electrons. The summed E-state index contributed by atoms with van der Waals surface area (Å²) in [5.74, 6) is -0.184. The fraction of sp³-hybridized carbons (Fsp3) is 0.500. The minimum Gasteiger partial charge on any atom is -0.467 e. The van der Waals surface area contributed by atoms with Gasteiger partial charge in [-0.15, -0.1) is 0 Å². The largest absolute Gasteiger partial charge is 0.467 e. The van der Waals surface area contributed by atoms with Crippen molar-refractivity contribution in [2.75, 3.05) is 19.0 Å². The van der Waals surface area contributed by atoms with Crippen LogP contribution in [0, 0.1) is 0 Å². The van der Waals surface area contributed by atoms with Crippen LogP contribution in [0.5, 0.6) is 0 Å². The molecule has 1 aromatic heterocycles. The number of ether oxygens (including phenoxy) is 1. The van der Waals surface area contributed by atoms with Gasteiger partial charge in [-0.05, 0) is 12.8 Å². The lowest BCUT2D eigenvalue weighted by molar-refractivity contribution is -0.151. The first-order chi connectivity index (χ1) is 9.65. The molecule has 0 unspecified atom stereocenters. The van der Waals surface area contributed by atoms with E-state index in [2.05, 4.69) is 10.3 Å². The van der Waals surface area contributed by atoms with Gasteiger partial charge in [-0.1, -0.05) is 0 Å². The zero-order chi connectivity index (χ0) is 14.5. The van der Waals surface area contributed by atoms with E-state index in [0.29, 0.717) is 25.2 Å². The molecule has 1 aliphatic heterocycles. The van der Waals surface area contributed by atoms with Crippen LogP contribution in [0.1, 0.15) is 12.8 Å². The number of nitrogens with one attached hydrogen (secondary N) is 1. The third kappa shape index (κ3) is 2.95. The lowest BCUT2D eigenvalue weighted by atomic mass is 10.2. The Morgan fingerprint density at radius 3 is 3.10 bits per heavy atom. The highest BCUT2D eigenvalue weighted by Gasteiger charge is 2.34. The van der Waals surface area contributed by atoms with Crippen molar-refractivity contribution >= 4 is 24.1 Å². The molecule has 2 rings (SSSR count). The summed E-state index contributed by atoms with van der Waals surface area (Å²) in [6, 6.07) is -0.497. The molecule has 0 aliphatic carbocycles. The van der Waals surface area contributed by atoms with E-state index in [1.807, 2.05) is 0 Å². The van der Waals surface area contributed by atoms with Crippen LogP contribution in [0.3, 0.4) is 0 Å². The highest BCUT2D eigenvalue weighted by molar-refractivity contribution is 5.85. The number of rotatable bonds is 5. The Bertz CT molecular complexity index is 513. The quantitative estimate of drug-likeness (QED) is 0.586. The summed E-state index contributed by atoms with van der Waals surface area (Å²) in [6.07, 6.45) is 4.93. The van der Waals surface area contributed by atoms with Gasteiger partial charge in [0.05, 0.1) is 13.4 Å². The molecule has 1 aromatic rings. The summed E-state index contributed by atoms with van der Waals surface area (Å²) in [5.41, 5.74) is 0. The summed E-state index contributed by atoms with van der Waals surface area (Å²) >= 11 is 0. The first kappa shape index (κ1) is 14.0. The average molecular weight is 280 g/mol. The van der Waals surface area contributed by atoms with Crippen molar-refractivity contribution in [3.63, 3.8) is 0 Å². The molecule has 1 aliphatic rings. The number of methoxy groups -OCH3 is 1. The number of likely N-dealkylation sites (tertiary alicyclic amines) is 1. The van der Waals surface area contributed by atoms with Gasteiger partial charge in [-0.3, -0.25) is 9.59 Å². The number of carbonyl (C=O) groups is 3. The molecule has 20 heavy (non-hydrogen) atoms. The molecule has 8 nitrogen and oxygen atoms in total. The van der Waals surface area contributed by atoms with Gasteiger partial charge in [-0.2, -0.15) is 0 Å². The third-order valence-electron chi connectivity index (χ3n) is 3.20. The maximum Gasteiger partial charge on any atom is 0.328 e. The number of esters is 1. The molecule has 8 heteroatoms. The number of nitrogens with zero attached hydrogens (tertiary/aromatic N) is 3. The summed E-state index contributed by atoms with van der Waals surface area (Å²) in [4.78, 5) is 39.5. The number of amides is 2. The van der Waals surface area contributed by atoms with E-state index in [4.69, 9.17) is 4.74 Å². The Morgan fingerprint density at radius 2 is 2.40 bits per heavy atom. The molecule has 0 aromatic carbocycles. The maximum absolute atomic E-state index is 12.2. The van der Waals surface area contributed by atoms with E-state index in [9.17, 15) is 14.4 Å². The summed E-state index contributed by atoms with van der Waals surface area (Å²) in [6.45, 7) is 0.619. The van der Waals surface area contributed by atoms with E-state index in [1.165, 1.54) is 18.3 Å². The molecule has 108 valence electrons. The van der Waals surface area contributed by atoms with Gasteiger partial charge >= 0.3 is 5.97 Å². The number of hydrogen-bond donors (Lipinski definition) is 1. The van der Waals surface area contributed by atoms with Crippen molar-refractivity contribution in [1.82, 2.24) is 14.5 Å². The van der Waals surface area contributed by atoms with Crippen LogP contribution in [0.25, 0.3) is 0 Å². The van der Waals surface area contributed by atoms with Gasteiger partial charge in [0.25, 0.3) is 0 Å². The van der Waals surface area contributed by atoms with Gasteiger partial charge in [0.2, 0.25) is 12.3 Å². The van der Waals surface area contributed by atoms with E-state index in [1.54, 1.807) is 10.8 Å². The van der Waals surface area contributed by atoms with Crippen LogP contribution in [-0.2, 0) is 25.7 Å². The third-order valence-corrected chi connectivity index (χ3v) is 3.20. The summed E-state index contributed by atoms with van der Waals surface area (Å²) < 4.78 is 6.26. The second kappa shape index (κ2) is 6.18. The normalized spacial score (nSPS) is 17.9. The Morgan fingerprint density at radius 1 is 1.60 bits per heavy atom. The lowest BCUT2D eigenvalue weighted by Crippen LogP contribution is -2.42. The molecule has 1 N–H and O–H groups in total. The fourth-order valence-electron chi connectivity index (χ4n) is 2.27. The van der Waals surface area contributed by atoms with Crippen LogP contribution in [0.15, 0.2) is 12.5 Å². The van der Waals surface area contributed by atoms with E-state index < -0.39 is 6.04 Å². The van der Waals surface area contributed by atoms with Gasteiger partial charge in [-0.25, -0.2) is 9.78 Å². The highest BCUT2D eigenvalue weighted by atomic mass is 16.5. The van der Waals surface area contributed by atoms with Gasteiger partial charge < -0.3 is 19.5 Å². The molecular weight excluding hydrogens is 264 g/mol.